The fraction of sp³-hybridized carbons (Fsp3) is 0.148. The van der Waals surface area contributed by atoms with Crippen LogP contribution in [0.5, 0.6) is 11.5 Å². The second kappa shape index (κ2) is 11.3. The predicted octanol–water partition coefficient (Wildman–Crippen LogP) is 6.60. The van der Waals surface area contributed by atoms with Crippen LogP contribution in [0.15, 0.2) is 60.2 Å². The molecule has 0 radical (unpaired) electrons. The third-order valence-electron chi connectivity index (χ3n) is 5.52. The highest BCUT2D eigenvalue weighted by Gasteiger charge is 2.37. The predicted molar refractivity (Wildman–Crippen MR) is 144 cm³/mol. The Labute approximate surface area is 228 Å². The van der Waals surface area contributed by atoms with E-state index in [9.17, 15) is 14.4 Å². The number of amides is 4. The average molecular weight is 560 g/mol. The van der Waals surface area contributed by atoms with Gasteiger partial charge in [0.25, 0.3) is 11.8 Å². The first-order valence-corrected chi connectivity index (χ1v) is 12.3. The summed E-state index contributed by atoms with van der Waals surface area (Å²) in [5, 5.41) is 3.41. The Kier molecular flexibility index (Phi) is 8.07. The van der Waals surface area contributed by atoms with Gasteiger partial charge in [-0.2, -0.15) is 0 Å². The standard InChI is InChI=1S/C27H21Cl3N2O5/c1-3-36-23-13-17(12-21(30)24(23)37-14-16-7-9-18(28)10-8-16)11-19-25(33)31-27(35)32(26(19)34)22-6-4-5-20(29)15(22)2/h4-13H,3,14H2,1-2H3,(H,31,33,35)/b19-11+. The van der Waals surface area contributed by atoms with E-state index >= 15 is 0 Å². The number of urea groups is 1. The van der Waals surface area contributed by atoms with E-state index in [0.717, 1.165) is 10.5 Å². The molecule has 190 valence electrons. The fourth-order valence-electron chi connectivity index (χ4n) is 3.69. The third-order valence-corrected chi connectivity index (χ3v) is 6.46. The van der Waals surface area contributed by atoms with Gasteiger partial charge in [0.05, 0.1) is 17.3 Å². The molecule has 10 heteroatoms. The number of halogens is 3. The minimum atomic E-state index is -0.864. The Morgan fingerprint density at radius 1 is 0.946 bits per heavy atom. The quantitative estimate of drug-likeness (QED) is 0.260. The van der Waals surface area contributed by atoms with Gasteiger partial charge in [-0.25, -0.2) is 9.69 Å². The third kappa shape index (κ3) is 5.74. The Hall–Kier alpha value is -3.52. The molecule has 1 saturated heterocycles. The Morgan fingerprint density at radius 3 is 2.38 bits per heavy atom. The van der Waals surface area contributed by atoms with Crippen molar-refractivity contribution in [1.82, 2.24) is 5.32 Å². The molecule has 1 aliphatic heterocycles. The van der Waals surface area contributed by atoms with E-state index < -0.39 is 17.8 Å². The smallest absolute Gasteiger partial charge is 0.335 e. The molecule has 7 nitrogen and oxygen atoms in total. The fourth-order valence-corrected chi connectivity index (χ4v) is 4.26. The molecule has 3 aromatic rings. The number of benzene rings is 3. The summed E-state index contributed by atoms with van der Waals surface area (Å²) in [6.07, 6.45) is 1.34. The van der Waals surface area contributed by atoms with E-state index in [1.54, 1.807) is 56.3 Å². The van der Waals surface area contributed by atoms with Gasteiger partial charge in [-0.05, 0) is 73.0 Å². The van der Waals surface area contributed by atoms with Gasteiger partial charge in [-0.15, -0.1) is 0 Å². The highest BCUT2D eigenvalue weighted by molar-refractivity contribution is 6.40. The zero-order chi connectivity index (χ0) is 26.7. The summed E-state index contributed by atoms with van der Waals surface area (Å²) >= 11 is 18.6. The molecule has 1 N–H and O–H groups in total. The van der Waals surface area contributed by atoms with Crippen molar-refractivity contribution in [3.63, 3.8) is 0 Å². The van der Waals surface area contributed by atoms with Gasteiger partial charge in [0.15, 0.2) is 11.5 Å². The topological polar surface area (TPSA) is 84.9 Å². The molecule has 1 fully saturated rings. The minimum Gasteiger partial charge on any atom is -0.490 e. The number of anilines is 1. The van der Waals surface area contributed by atoms with Crippen LogP contribution in [0.25, 0.3) is 6.08 Å². The van der Waals surface area contributed by atoms with Crippen LogP contribution in [0, 0.1) is 6.92 Å². The van der Waals surface area contributed by atoms with Crippen LogP contribution in [-0.2, 0) is 16.2 Å². The summed E-state index contributed by atoms with van der Waals surface area (Å²) in [6, 6.07) is 14.3. The summed E-state index contributed by atoms with van der Waals surface area (Å²) in [6.45, 7) is 4.02. The molecule has 0 saturated carbocycles. The maximum Gasteiger partial charge on any atom is 0.335 e. The number of carbonyl (C=O) groups is 3. The lowest BCUT2D eigenvalue weighted by molar-refractivity contribution is -0.122. The Morgan fingerprint density at radius 2 is 1.68 bits per heavy atom. The first-order valence-electron chi connectivity index (χ1n) is 11.2. The molecule has 1 heterocycles. The average Bonchev–Trinajstić information content (AvgIpc) is 2.85. The molecular formula is C27H21Cl3N2O5. The highest BCUT2D eigenvalue weighted by Crippen LogP contribution is 2.38. The SMILES string of the molecule is CCOc1cc(/C=C2\C(=O)NC(=O)N(c3cccc(Cl)c3C)C2=O)cc(Cl)c1OCc1ccc(Cl)cc1. The maximum atomic E-state index is 13.3. The summed E-state index contributed by atoms with van der Waals surface area (Å²) in [5.74, 6) is -0.983. The van der Waals surface area contributed by atoms with E-state index in [0.29, 0.717) is 39.3 Å². The Bertz CT molecular complexity index is 1420. The number of rotatable bonds is 7. The van der Waals surface area contributed by atoms with Crippen LogP contribution in [0.3, 0.4) is 0 Å². The molecule has 0 bridgehead atoms. The molecule has 0 atom stereocenters. The molecule has 3 aromatic carbocycles. The number of nitrogens with one attached hydrogen (secondary N) is 1. The van der Waals surface area contributed by atoms with Crippen molar-refractivity contribution >= 4 is 64.4 Å². The number of imide groups is 2. The lowest BCUT2D eigenvalue weighted by Crippen LogP contribution is -2.54. The van der Waals surface area contributed by atoms with Crippen LogP contribution in [0.4, 0.5) is 10.5 Å². The summed E-state index contributed by atoms with van der Waals surface area (Å²) in [5.41, 5.74) is 1.81. The molecule has 37 heavy (non-hydrogen) atoms. The largest absolute Gasteiger partial charge is 0.490 e. The molecule has 4 rings (SSSR count). The van der Waals surface area contributed by atoms with Crippen LogP contribution < -0.4 is 19.7 Å². The van der Waals surface area contributed by atoms with Crippen LogP contribution in [0.2, 0.25) is 15.1 Å². The van der Waals surface area contributed by atoms with Crippen molar-refractivity contribution in [3.05, 3.63) is 91.9 Å². The van der Waals surface area contributed by atoms with Gasteiger partial charge in [-0.1, -0.05) is 53.0 Å². The lowest BCUT2D eigenvalue weighted by atomic mass is 10.1. The maximum absolute atomic E-state index is 13.3. The number of carbonyl (C=O) groups excluding carboxylic acids is 3. The van der Waals surface area contributed by atoms with Crippen LogP contribution in [-0.4, -0.2) is 24.5 Å². The van der Waals surface area contributed by atoms with Gasteiger partial charge >= 0.3 is 6.03 Å². The summed E-state index contributed by atoms with van der Waals surface area (Å²) < 4.78 is 11.6. The molecule has 4 amide bonds. The lowest BCUT2D eigenvalue weighted by Gasteiger charge is -2.27. The van der Waals surface area contributed by atoms with Crippen molar-refractivity contribution in [1.29, 1.82) is 0 Å². The summed E-state index contributed by atoms with van der Waals surface area (Å²) in [4.78, 5) is 39.4. The molecule has 0 spiro atoms. The summed E-state index contributed by atoms with van der Waals surface area (Å²) in [7, 11) is 0. The number of barbiturate groups is 1. The highest BCUT2D eigenvalue weighted by atomic mass is 35.5. The zero-order valence-electron chi connectivity index (χ0n) is 19.8. The molecule has 0 aliphatic carbocycles. The first kappa shape index (κ1) is 26.5. The number of ether oxygens (including phenoxy) is 2. The molecule has 0 aromatic heterocycles. The molecule has 0 unspecified atom stereocenters. The van der Waals surface area contributed by atoms with Crippen molar-refractivity contribution in [2.45, 2.75) is 20.5 Å². The monoisotopic (exact) mass is 558 g/mol. The number of nitrogens with zero attached hydrogens (tertiary/aromatic N) is 1. The first-order chi connectivity index (χ1) is 17.7. The number of hydrogen-bond acceptors (Lipinski definition) is 5. The van der Waals surface area contributed by atoms with Crippen molar-refractivity contribution in [3.8, 4) is 11.5 Å². The van der Waals surface area contributed by atoms with Gasteiger partial charge < -0.3 is 9.47 Å². The number of hydrogen-bond donors (Lipinski definition) is 1. The van der Waals surface area contributed by atoms with Gasteiger partial charge in [-0.3, -0.25) is 14.9 Å². The van der Waals surface area contributed by atoms with Gasteiger partial charge in [0.1, 0.15) is 12.2 Å². The van der Waals surface area contributed by atoms with Crippen LogP contribution in [0.1, 0.15) is 23.6 Å². The van der Waals surface area contributed by atoms with Gasteiger partial charge in [0.2, 0.25) is 0 Å². The van der Waals surface area contributed by atoms with E-state index in [1.807, 2.05) is 12.1 Å². The van der Waals surface area contributed by atoms with E-state index in [-0.39, 0.29) is 22.9 Å². The van der Waals surface area contributed by atoms with E-state index in [2.05, 4.69) is 5.32 Å². The zero-order valence-corrected chi connectivity index (χ0v) is 22.1. The minimum absolute atomic E-state index is 0.217. The second-order valence-electron chi connectivity index (χ2n) is 8.02. The molecule has 1 aliphatic rings. The van der Waals surface area contributed by atoms with Crippen molar-refractivity contribution < 1.29 is 23.9 Å². The Balaban J connectivity index is 1.67. The molecular weight excluding hydrogens is 539 g/mol. The van der Waals surface area contributed by atoms with E-state index in [1.165, 1.54) is 6.08 Å². The normalized spacial score (nSPS) is 14.7. The van der Waals surface area contributed by atoms with Crippen molar-refractivity contribution in [2.75, 3.05) is 11.5 Å². The second-order valence-corrected chi connectivity index (χ2v) is 9.27. The van der Waals surface area contributed by atoms with Crippen molar-refractivity contribution in [2.24, 2.45) is 0 Å². The van der Waals surface area contributed by atoms with Crippen LogP contribution >= 0.6 is 34.8 Å². The van der Waals surface area contributed by atoms with E-state index in [4.69, 9.17) is 44.3 Å². The van der Waals surface area contributed by atoms with Gasteiger partial charge in [0, 0.05) is 10.0 Å².